The van der Waals surface area contributed by atoms with Crippen LogP contribution in [0.4, 0.5) is 5.69 Å². The van der Waals surface area contributed by atoms with Crippen molar-refractivity contribution in [1.29, 1.82) is 0 Å². The van der Waals surface area contributed by atoms with E-state index in [-0.39, 0.29) is 17.1 Å². The van der Waals surface area contributed by atoms with E-state index in [4.69, 9.17) is 10.5 Å². The number of Topliss-reactive ketones (excluding diaryl/α,β-unsaturated/α-hetero) is 1. The number of nitrogen functional groups attached to an aromatic ring is 1. The van der Waals surface area contributed by atoms with Crippen molar-refractivity contribution in [3.63, 3.8) is 0 Å². The minimum Gasteiger partial charge on any atom is -0.497 e. The topological polar surface area (TPSA) is 72.6 Å². The minimum atomic E-state index is -0.566. The number of nitrogens with zero attached hydrogens (tertiary/aromatic N) is 1. The molecule has 3 unspecified atom stereocenters. The first kappa shape index (κ1) is 36.4. The number of allylic oxidation sites excluding steroid dienone is 3. The average Bonchev–Trinajstić information content (AvgIpc) is 3.72. The Labute approximate surface area is 263 Å². The van der Waals surface area contributed by atoms with Gasteiger partial charge in [-0.05, 0) is 73.6 Å². The van der Waals surface area contributed by atoms with Crippen LogP contribution in [0.25, 0.3) is 0 Å². The Hall–Kier alpha value is -2.82. The van der Waals surface area contributed by atoms with Gasteiger partial charge >= 0.3 is 0 Å². The second-order valence-corrected chi connectivity index (χ2v) is 13.3. The highest BCUT2D eigenvalue weighted by Gasteiger charge is 2.62. The molecule has 3 fully saturated rings. The Morgan fingerprint density at radius 2 is 1.65 bits per heavy atom. The molecule has 1 aliphatic heterocycles. The third-order valence-corrected chi connectivity index (χ3v) is 8.85. The summed E-state index contributed by atoms with van der Waals surface area (Å²) in [6.07, 6.45) is 16.7. The molecule has 5 rings (SSSR count). The molecule has 3 aliphatic carbocycles. The standard InChI is InChI=1S/C23H31NO3.C9H13N.C4H10.C2H6/c1-3-4-9-19-20(25)23(12-7-5-6-8-13-23)24(21(19)26)16-22-14-17(22)10-11-18(15-22)27-2;1-7(2)8-5-3-4-6-9(8)10;1-4(2)3;1-2/h3,10-11,15,17,19H,1,4-9,12-14,16H2,2H3;3-7H,10H2,1-2H3;4H,1-3H3;1-2H3. The molecular formula is C38H60N2O3. The van der Waals surface area contributed by atoms with Gasteiger partial charge in [0.05, 0.1) is 13.0 Å². The Balaban J connectivity index is 0.000000334. The number of amides is 1. The zero-order chi connectivity index (χ0) is 32.2. The molecule has 0 bridgehead atoms. The van der Waals surface area contributed by atoms with Gasteiger partial charge < -0.3 is 15.4 Å². The van der Waals surface area contributed by atoms with Crippen LogP contribution in [0, 0.1) is 23.2 Å². The summed E-state index contributed by atoms with van der Waals surface area (Å²) < 4.78 is 5.45. The van der Waals surface area contributed by atoms with E-state index in [1.54, 1.807) is 7.11 Å². The number of carbonyl (C=O) groups excluding carboxylic acids is 2. The van der Waals surface area contributed by atoms with E-state index in [9.17, 15) is 9.59 Å². The highest BCUT2D eigenvalue weighted by Crippen LogP contribution is 2.59. The van der Waals surface area contributed by atoms with Crippen molar-refractivity contribution in [2.75, 3.05) is 19.4 Å². The molecule has 0 radical (unpaired) electrons. The van der Waals surface area contributed by atoms with Crippen LogP contribution in [0.15, 0.2) is 60.9 Å². The van der Waals surface area contributed by atoms with Gasteiger partial charge in [0.15, 0.2) is 5.78 Å². The Bertz CT molecular complexity index is 1110. The van der Waals surface area contributed by atoms with Crippen LogP contribution in [0.2, 0.25) is 0 Å². The summed E-state index contributed by atoms with van der Waals surface area (Å²) in [6, 6.07) is 7.99. The number of ether oxygens (including phenoxy) is 1. The van der Waals surface area contributed by atoms with Gasteiger partial charge in [-0.2, -0.15) is 0 Å². The van der Waals surface area contributed by atoms with Gasteiger partial charge in [-0.25, -0.2) is 0 Å². The van der Waals surface area contributed by atoms with Gasteiger partial charge in [-0.3, -0.25) is 9.59 Å². The van der Waals surface area contributed by atoms with Gasteiger partial charge in [0.1, 0.15) is 11.3 Å². The summed E-state index contributed by atoms with van der Waals surface area (Å²) in [7, 11) is 1.69. The largest absolute Gasteiger partial charge is 0.497 e. The maximum atomic E-state index is 13.5. The molecule has 1 aromatic carbocycles. The molecule has 0 aromatic heterocycles. The van der Waals surface area contributed by atoms with E-state index in [2.05, 4.69) is 59.4 Å². The zero-order valence-electron chi connectivity index (χ0n) is 28.5. The van der Waals surface area contributed by atoms with Crippen molar-refractivity contribution in [2.24, 2.45) is 23.2 Å². The van der Waals surface area contributed by atoms with E-state index in [1.165, 1.54) is 18.4 Å². The molecule has 4 aliphatic rings. The third-order valence-electron chi connectivity index (χ3n) is 8.85. The first-order valence-corrected chi connectivity index (χ1v) is 16.8. The number of methoxy groups -OCH3 is 1. The van der Waals surface area contributed by atoms with Crippen molar-refractivity contribution >= 4 is 17.4 Å². The number of rotatable bonds is 7. The summed E-state index contributed by atoms with van der Waals surface area (Å²) in [6.45, 7) is 19.2. The number of fused-ring (bicyclic) bond motifs is 1. The summed E-state index contributed by atoms with van der Waals surface area (Å²) in [5, 5.41) is 0. The van der Waals surface area contributed by atoms with Crippen molar-refractivity contribution in [1.82, 2.24) is 4.90 Å². The maximum Gasteiger partial charge on any atom is 0.234 e. The van der Waals surface area contributed by atoms with E-state index >= 15 is 0 Å². The molecule has 2 saturated carbocycles. The van der Waals surface area contributed by atoms with Gasteiger partial charge in [0, 0.05) is 17.6 Å². The number of ketones is 1. The number of anilines is 1. The minimum absolute atomic E-state index is 0.0390. The zero-order valence-corrected chi connectivity index (χ0v) is 28.5. The lowest BCUT2D eigenvalue weighted by Gasteiger charge is -2.38. The van der Waals surface area contributed by atoms with Crippen LogP contribution in [0.5, 0.6) is 0 Å². The lowest BCUT2D eigenvalue weighted by molar-refractivity contribution is -0.135. The lowest BCUT2D eigenvalue weighted by Crippen LogP contribution is -2.51. The third kappa shape index (κ3) is 9.09. The summed E-state index contributed by atoms with van der Waals surface area (Å²) >= 11 is 0. The number of likely N-dealkylation sites (tertiary alicyclic amines) is 1. The predicted molar refractivity (Wildman–Crippen MR) is 182 cm³/mol. The fourth-order valence-electron chi connectivity index (χ4n) is 6.57. The van der Waals surface area contributed by atoms with Gasteiger partial charge in [0.2, 0.25) is 5.91 Å². The van der Waals surface area contributed by atoms with E-state index in [0.29, 0.717) is 24.8 Å². The first-order chi connectivity index (χ1) is 20.5. The first-order valence-electron chi connectivity index (χ1n) is 16.8. The quantitative estimate of drug-likeness (QED) is 0.195. The molecule has 240 valence electrons. The second kappa shape index (κ2) is 16.9. The SMILES string of the molecule is C=CCCC1C(=O)N(CC23C=C(OC)C=CC2C3)C2(CCCCCC2)C1=O.CC.CC(C)C.CC(C)c1ccccc1N. The molecular weight excluding hydrogens is 532 g/mol. The number of hydrogen-bond acceptors (Lipinski definition) is 4. The fraction of sp³-hybridized carbons (Fsp3) is 0.632. The van der Waals surface area contributed by atoms with Crippen LogP contribution >= 0.6 is 0 Å². The van der Waals surface area contributed by atoms with Crippen molar-refractivity contribution in [3.05, 3.63) is 66.5 Å². The molecule has 1 heterocycles. The molecule has 3 atom stereocenters. The van der Waals surface area contributed by atoms with Crippen LogP contribution in [0.3, 0.4) is 0 Å². The van der Waals surface area contributed by atoms with E-state index in [0.717, 1.165) is 55.9 Å². The molecule has 43 heavy (non-hydrogen) atoms. The summed E-state index contributed by atoms with van der Waals surface area (Å²) in [5.74, 6) is 2.48. The van der Waals surface area contributed by atoms with Crippen molar-refractivity contribution in [2.45, 2.75) is 118 Å². The molecule has 1 amide bonds. The molecule has 1 spiro atoms. The Kier molecular flexibility index (Phi) is 14.3. The second-order valence-electron chi connectivity index (χ2n) is 13.3. The number of para-hydroxylation sites is 1. The fourth-order valence-corrected chi connectivity index (χ4v) is 6.57. The Morgan fingerprint density at radius 1 is 1.05 bits per heavy atom. The smallest absolute Gasteiger partial charge is 0.234 e. The maximum absolute atomic E-state index is 13.5. The summed E-state index contributed by atoms with van der Waals surface area (Å²) in [4.78, 5) is 28.9. The van der Waals surface area contributed by atoms with Crippen LogP contribution < -0.4 is 5.73 Å². The average molecular weight is 593 g/mol. The van der Waals surface area contributed by atoms with Gasteiger partial charge in [-0.15, -0.1) is 6.58 Å². The molecule has 5 nitrogen and oxygen atoms in total. The highest BCUT2D eigenvalue weighted by molar-refractivity contribution is 6.13. The normalized spacial score (nSPS) is 24.9. The van der Waals surface area contributed by atoms with Crippen molar-refractivity contribution < 1.29 is 14.3 Å². The number of benzene rings is 1. The lowest BCUT2D eigenvalue weighted by atomic mass is 9.82. The van der Waals surface area contributed by atoms with Crippen molar-refractivity contribution in [3.8, 4) is 0 Å². The molecule has 1 aromatic rings. The summed E-state index contributed by atoms with van der Waals surface area (Å²) in [5.41, 5.74) is 7.26. The van der Waals surface area contributed by atoms with Crippen LogP contribution in [-0.4, -0.2) is 35.8 Å². The van der Waals surface area contributed by atoms with Crippen LogP contribution in [-0.2, 0) is 14.3 Å². The van der Waals surface area contributed by atoms with Gasteiger partial charge in [-0.1, -0.05) is 105 Å². The number of carbonyl (C=O) groups is 2. The monoisotopic (exact) mass is 592 g/mol. The predicted octanol–water partition coefficient (Wildman–Crippen LogP) is 9.26. The highest BCUT2D eigenvalue weighted by atomic mass is 16.5. The number of hydrogen-bond donors (Lipinski definition) is 1. The van der Waals surface area contributed by atoms with E-state index in [1.807, 2.05) is 49.1 Å². The molecule has 5 heteroatoms. The van der Waals surface area contributed by atoms with E-state index < -0.39 is 11.5 Å². The Morgan fingerprint density at radius 3 is 2.16 bits per heavy atom. The number of nitrogens with two attached hydrogens (primary N) is 1. The van der Waals surface area contributed by atoms with Crippen LogP contribution in [0.1, 0.15) is 118 Å². The van der Waals surface area contributed by atoms with Gasteiger partial charge in [0.25, 0.3) is 0 Å². The molecule has 1 saturated heterocycles. The molecule has 2 N–H and O–H groups in total.